The summed E-state index contributed by atoms with van der Waals surface area (Å²) in [6.07, 6.45) is 3.84. The first-order chi connectivity index (χ1) is 14.1. The maximum Gasteiger partial charge on any atom is 0.257 e. The zero-order chi connectivity index (χ0) is 20.2. The van der Waals surface area contributed by atoms with Crippen LogP contribution in [0, 0.1) is 0 Å². The average molecular weight is 393 g/mol. The van der Waals surface area contributed by atoms with Gasteiger partial charge in [0, 0.05) is 6.42 Å². The molecule has 1 atom stereocenters. The minimum absolute atomic E-state index is 0.0935. The highest BCUT2D eigenvalue weighted by molar-refractivity contribution is 6.03. The lowest BCUT2D eigenvalue weighted by Gasteiger charge is -2.22. The number of methoxy groups -OCH3 is 1. The number of carbonyl (C=O) groups is 1. The van der Waals surface area contributed by atoms with Crippen LogP contribution in [0.1, 0.15) is 29.5 Å². The summed E-state index contributed by atoms with van der Waals surface area (Å²) in [5.74, 6) is 2.22. The summed E-state index contributed by atoms with van der Waals surface area (Å²) in [7, 11) is 3.52. The van der Waals surface area contributed by atoms with Crippen LogP contribution in [-0.4, -0.2) is 42.2 Å². The maximum atomic E-state index is 13.1. The van der Waals surface area contributed by atoms with Crippen molar-refractivity contribution in [2.75, 3.05) is 20.7 Å². The number of ether oxygens (including phenoxy) is 1. The number of furan rings is 2. The number of nitrogens with zero attached hydrogens (tertiary/aromatic N) is 3. The van der Waals surface area contributed by atoms with E-state index in [1.807, 2.05) is 60.5 Å². The molecular weight excluding hydrogens is 370 g/mol. The summed E-state index contributed by atoms with van der Waals surface area (Å²) in [5.41, 5.74) is 1.80. The number of rotatable bonds is 7. The fraction of sp³-hybridized carbons (Fsp3) is 0.273. The largest absolute Gasteiger partial charge is 0.497 e. The third-order valence-electron chi connectivity index (χ3n) is 4.87. The molecule has 1 aliphatic heterocycles. The number of hydrazone groups is 1. The predicted octanol–water partition coefficient (Wildman–Crippen LogP) is 3.69. The molecule has 0 fully saturated rings. The minimum atomic E-state index is -0.258. The number of hydrogen-bond donors (Lipinski definition) is 0. The molecule has 1 aliphatic rings. The Bertz CT molecular complexity index is 962. The van der Waals surface area contributed by atoms with E-state index in [4.69, 9.17) is 13.6 Å². The van der Waals surface area contributed by atoms with E-state index >= 15 is 0 Å². The second kappa shape index (κ2) is 8.36. The first-order valence-electron chi connectivity index (χ1n) is 9.42. The summed E-state index contributed by atoms with van der Waals surface area (Å²) in [5, 5.41) is 6.19. The molecule has 1 aromatic carbocycles. The van der Waals surface area contributed by atoms with Gasteiger partial charge in [-0.25, -0.2) is 5.01 Å². The van der Waals surface area contributed by atoms with Crippen molar-refractivity contribution in [1.29, 1.82) is 0 Å². The summed E-state index contributed by atoms with van der Waals surface area (Å²) >= 11 is 0. The Balaban J connectivity index is 1.53. The quantitative estimate of drug-likeness (QED) is 0.612. The van der Waals surface area contributed by atoms with Crippen LogP contribution in [0.4, 0.5) is 0 Å². The van der Waals surface area contributed by atoms with E-state index in [2.05, 4.69) is 5.10 Å². The van der Waals surface area contributed by atoms with Crippen LogP contribution in [-0.2, 0) is 11.3 Å². The van der Waals surface area contributed by atoms with Crippen LogP contribution in [0.15, 0.2) is 75.0 Å². The van der Waals surface area contributed by atoms with Crippen LogP contribution >= 0.6 is 0 Å². The Morgan fingerprint density at radius 3 is 2.59 bits per heavy atom. The van der Waals surface area contributed by atoms with Crippen LogP contribution < -0.4 is 4.74 Å². The molecule has 2 aromatic heterocycles. The lowest BCUT2D eigenvalue weighted by atomic mass is 10.0. The van der Waals surface area contributed by atoms with Gasteiger partial charge in [-0.2, -0.15) is 5.10 Å². The van der Waals surface area contributed by atoms with E-state index in [0.29, 0.717) is 13.0 Å². The van der Waals surface area contributed by atoms with E-state index in [0.717, 1.165) is 28.5 Å². The molecule has 0 unspecified atom stereocenters. The van der Waals surface area contributed by atoms with Gasteiger partial charge in [-0.15, -0.1) is 0 Å². The van der Waals surface area contributed by atoms with Crippen molar-refractivity contribution in [3.8, 4) is 5.75 Å². The number of amides is 1. The molecule has 0 bridgehead atoms. The van der Waals surface area contributed by atoms with Crippen molar-refractivity contribution >= 4 is 11.6 Å². The van der Waals surface area contributed by atoms with Crippen molar-refractivity contribution < 1.29 is 18.4 Å². The van der Waals surface area contributed by atoms with E-state index in [-0.39, 0.29) is 18.5 Å². The van der Waals surface area contributed by atoms with Crippen molar-refractivity contribution in [3.63, 3.8) is 0 Å². The second-order valence-corrected chi connectivity index (χ2v) is 7.00. The van der Waals surface area contributed by atoms with Gasteiger partial charge in [0.1, 0.15) is 23.3 Å². The fourth-order valence-electron chi connectivity index (χ4n) is 3.43. The van der Waals surface area contributed by atoms with Crippen molar-refractivity contribution in [3.05, 3.63) is 78.1 Å². The van der Waals surface area contributed by atoms with Crippen LogP contribution in [0.25, 0.3) is 0 Å². The van der Waals surface area contributed by atoms with Gasteiger partial charge in [0.2, 0.25) is 0 Å². The molecule has 4 rings (SSSR count). The highest BCUT2D eigenvalue weighted by atomic mass is 16.5. The van der Waals surface area contributed by atoms with Crippen LogP contribution in [0.5, 0.6) is 5.75 Å². The normalized spacial score (nSPS) is 16.3. The lowest BCUT2D eigenvalue weighted by Crippen LogP contribution is -2.36. The third-order valence-corrected chi connectivity index (χ3v) is 4.87. The molecule has 150 valence electrons. The zero-order valence-corrected chi connectivity index (χ0v) is 16.4. The van der Waals surface area contributed by atoms with E-state index in [1.165, 1.54) is 5.01 Å². The van der Waals surface area contributed by atoms with Crippen molar-refractivity contribution in [2.45, 2.75) is 19.0 Å². The van der Waals surface area contributed by atoms with Crippen LogP contribution in [0.2, 0.25) is 0 Å². The molecule has 0 aliphatic carbocycles. The Labute approximate surface area is 169 Å². The molecular formula is C22H23N3O4. The zero-order valence-electron chi connectivity index (χ0n) is 16.4. The lowest BCUT2D eigenvalue weighted by molar-refractivity contribution is -0.134. The minimum Gasteiger partial charge on any atom is -0.497 e. The summed E-state index contributed by atoms with van der Waals surface area (Å²) in [6.45, 7) is 0.768. The summed E-state index contributed by atoms with van der Waals surface area (Å²) < 4.78 is 16.2. The van der Waals surface area contributed by atoms with Gasteiger partial charge in [0.25, 0.3) is 5.91 Å². The smallest absolute Gasteiger partial charge is 0.257 e. The Morgan fingerprint density at radius 1 is 1.17 bits per heavy atom. The molecule has 29 heavy (non-hydrogen) atoms. The summed E-state index contributed by atoms with van der Waals surface area (Å²) in [4.78, 5) is 15.0. The van der Waals surface area contributed by atoms with Gasteiger partial charge in [-0.1, -0.05) is 0 Å². The summed E-state index contributed by atoms with van der Waals surface area (Å²) in [6, 6.07) is 14.9. The van der Waals surface area contributed by atoms with Crippen molar-refractivity contribution in [1.82, 2.24) is 9.91 Å². The number of benzene rings is 1. The Hall–Kier alpha value is -3.32. The second-order valence-electron chi connectivity index (χ2n) is 7.00. The molecule has 0 spiro atoms. The van der Waals surface area contributed by atoms with E-state index in [1.54, 1.807) is 19.6 Å². The molecule has 7 heteroatoms. The monoisotopic (exact) mass is 393 g/mol. The Kier molecular flexibility index (Phi) is 5.48. The average Bonchev–Trinajstić information content (AvgIpc) is 3.48. The van der Waals surface area contributed by atoms with Crippen molar-refractivity contribution in [2.24, 2.45) is 5.10 Å². The molecule has 0 saturated heterocycles. The van der Waals surface area contributed by atoms with Gasteiger partial charge in [0.15, 0.2) is 0 Å². The Morgan fingerprint density at radius 2 is 1.93 bits per heavy atom. The van der Waals surface area contributed by atoms with Crippen LogP contribution in [0.3, 0.4) is 0 Å². The van der Waals surface area contributed by atoms with Gasteiger partial charge in [-0.05, 0) is 61.1 Å². The van der Waals surface area contributed by atoms with E-state index in [9.17, 15) is 4.79 Å². The predicted molar refractivity (Wildman–Crippen MR) is 107 cm³/mol. The maximum absolute atomic E-state index is 13.1. The standard InChI is InChI=1S/C22H23N3O4/c1-24(14-18-5-3-11-28-18)15-22(26)25-20(21-6-4-12-29-21)13-19(23-25)16-7-9-17(27-2)10-8-16/h3-12,20H,13-15H2,1-2H3/t20-/m1/s1. The first-order valence-corrected chi connectivity index (χ1v) is 9.42. The molecule has 3 heterocycles. The highest BCUT2D eigenvalue weighted by Crippen LogP contribution is 2.33. The fourth-order valence-corrected chi connectivity index (χ4v) is 3.43. The molecule has 3 aromatic rings. The topological polar surface area (TPSA) is 71.4 Å². The molecule has 0 saturated carbocycles. The number of carbonyl (C=O) groups excluding carboxylic acids is 1. The number of hydrogen-bond acceptors (Lipinski definition) is 6. The van der Waals surface area contributed by atoms with Gasteiger partial charge in [0.05, 0.1) is 38.4 Å². The third kappa shape index (κ3) is 4.25. The van der Waals surface area contributed by atoms with E-state index < -0.39 is 0 Å². The van der Waals surface area contributed by atoms with Gasteiger partial charge >= 0.3 is 0 Å². The first kappa shape index (κ1) is 19.0. The molecule has 0 radical (unpaired) electrons. The molecule has 0 N–H and O–H groups in total. The molecule has 7 nitrogen and oxygen atoms in total. The number of likely N-dealkylation sites (N-methyl/N-ethyl adjacent to an activating group) is 1. The SMILES string of the molecule is COc1ccc(C2=NN(C(=O)CN(C)Cc3ccco3)[C@@H](c3ccco3)C2)cc1. The molecule has 1 amide bonds. The highest BCUT2D eigenvalue weighted by Gasteiger charge is 2.35. The van der Waals surface area contributed by atoms with Gasteiger partial charge < -0.3 is 13.6 Å². The van der Waals surface area contributed by atoms with Gasteiger partial charge in [-0.3, -0.25) is 9.69 Å².